The molecule has 0 aliphatic carbocycles. The minimum absolute atomic E-state index is 0.0559. The minimum Gasteiger partial charge on any atom is -0.493 e. The first-order chi connectivity index (χ1) is 11.5. The van der Waals surface area contributed by atoms with Gasteiger partial charge in [0.05, 0.1) is 24.2 Å². The van der Waals surface area contributed by atoms with Crippen LogP contribution in [-0.2, 0) is 4.43 Å². The van der Waals surface area contributed by atoms with Crippen LogP contribution in [0.25, 0.3) is 0 Å². The first-order valence-electron chi connectivity index (χ1n) is 9.28. The van der Waals surface area contributed by atoms with Gasteiger partial charge in [-0.2, -0.15) is 5.26 Å². The molecule has 0 radical (unpaired) electrons. The second-order valence-electron chi connectivity index (χ2n) is 9.44. The molecule has 25 heavy (non-hydrogen) atoms. The van der Waals surface area contributed by atoms with E-state index in [1.807, 2.05) is 26.0 Å². The van der Waals surface area contributed by atoms with Crippen LogP contribution in [0.2, 0.25) is 18.1 Å². The fourth-order valence-electron chi connectivity index (χ4n) is 2.88. The summed E-state index contributed by atoms with van der Waals surface area (Å²) in [5.74, 6) is 1.23. The van der Waals surface area contributed by atoms with Crippen molar-refractivity contribution in [2.24, 2.45) is 11.3 Å². The van der Waals surface area contributed by atoms with Crippen molar-refractivity contribution in [2.45, 2.75) is 71.7 Å². The number of fused-ring (bicyclic) bond motifs is 1. The van der Waals surface area contributed by atoms with Crippen LogP contribution in [0.15, 0.2) is 24.3 Å². The van der Waals surface area contributed by atoms with E-state index in [1.54, 1.807) is 0 Å². The molecular weight excluding hydrogens is 326 g/mol. The molecule has 4 heteroatoms. The highest BCUT2D eigenvalue weighted by Gasteiger charge is 2.43. The molecule has 0 saturated heterocycles. The van der Waals surface area contributed by atoms with Crippen LogP contribution in [0.3, 0.4) is 0 Å². The number of hydrogen-bond donors (Lipinski definition) is 0. The van der Waals surface area contributed by atoms with Gasteiger partial charge in [0.2, 0.25) is 0 Å². The van der Waals surface area contributed by atoms with Crippen molar-refractivity contribution in [1.82, 2.24) is 0 Å². The molecule has 2 rings (SSSR count). The van der Waals surface area contributed by atoms with Crippen molar-refractivity contribution in [3.63, 3.8) is 0 Å². The fraction of sp³-hybridized carbons (Fsp3) is 0.667. The van der Waals surface area contributed by atoms with Crippen molar-refractivity contribution in [3.8, 4) is 11.8 Å². The van der Waals surface area contributed by atoms with Crippen molar-refractivity contribution < 1.29 is 9.16 Å². The van der Waals surface area contributed by atoms with Crippen LogP contribution in [-0.4, -0.2) is 14.9 Å². The highest BCUT2D eigenvalue weighted by Crippen LogP contribution is 2.46. The topological polar surface area (TPSA) is 42.2 Å². The molecule has 0 saturated carbocycles. The van der Waals surface area contributed by atoms with E-state index in [1.165, 1.54) is 5.56 Å². The lowest BCUT2D eigenvalue weighted by atomic mass is 9.82. The summed E-state index contributed by atoms with van der Waals surface area (Å²) in [6.45, 7) is 16.1. The molecule has 0 bridgehead atoms. The van der Waals surface area contributed by atoms with Crippen molar-refractivity contribution >= 4 is 8.32 Å². The molecule has 0 aromatic heterocycles. The number of nitriles is 1. The van der Waals surface area contributed by atoms with E-state index in [-0.39, 0.29) is 22.5 Å². The monoisotopic (exact) mass is 359 g/mol. The Labute approximate surface area is 154 Å². The van der Waals surface area contributed by atoms with Crippen molar-refractivity contribution in [2.75, 3.05) is 6.61 Å². The smallest absolute Gasteiger partial charge is 0.192 e. The third kappa shape index (κ3) is 4.65. The Bertz CT molecular complexity index is 640. The maximum atomic E-state index is 9.33. The van der Waals surface area contributed by atoms with E-state index in [2.05, 4.69) is 52.1 Å². The molecule has 3 nitrogen and oxygen atoms in total. The predicted molar refractivity (Wildman–Crippen MR) is 105 cm³/mol. The van der Waals surface area contributed by atoms with Gasteiger partial charge in [-0.05, 0) is 50.9 Å². The van der Waals surface area contributed by atoms with E-state index < -0.39 is 8.32 Å². The number of benzene rings is 1. The van der Waals surface area contributed by atoms with Gasteiger partial charge in [0.25, 0.3) is 0 Å². The Morgan fingerprint density at radius 1 is 1.20 bits per heavy atom. The van der Waals surface area contributed by atoms with Crippen molar-refractivity contribution in [3.05, 3.63) is 29.8 Å². The minimum atomic E-state index is -1.91. The first kappa shape index (κ1) is 20.0. The maximum absolute atomic E-state index is 9.33. The number of nitrogens with zero attached hydrogens (tertiary/aromatic N) is 1. The zero-order chi connectivity index (χ0) is 18.9. The second kappa shape index (κ2) is 7.13. The Hall–Kier alpha value is -1.31. The van der Waals surface area contributed by atoms with Gasteiger partial charge in [-0.25, -0.2) is 0 Å². The molecule has 0 fully saturated rings. The summed E-state index contributed by atoms with van der Waals surface area (Å²) in [7, 11) is -1.91. The summed E-state index contributed by atoms with van der Waals surface area (Å²) in [5, 5.41) is 9.50. The molecule has 1 aromatic carbocycles. The lowest BCUT2D eigenvalue weighted by molar-refractivity contribution is 0.0496. The van der Waals surface area contributed by atoms with E-state index in [0.29, 0.717) is 6.61 Å². The molecule has 138 valence electrons. The van der Waals surface area contributed by atoms with Gasteiger partial charge in [-0.3, -0.25) is 0 Å². The molecule has 1 heterocycles. The molecule has 1 aliphatic rings. The van der Waals surface area contributed by atoms with Gasteiger partial charge in [-0.1, -0.05) is 39.0 Å². The summed E-state index contributed by atoms with van der Waals surface area (Å²) in [5.41, 5.74) is 0.858. The van der Waals surface area contributed by atoms with Gasteiger partial charge < -0.3 is 9.16 Å². The summed E-state index contributed by atoms with van der Waals surface area (Å²) in [4.78, 5) is 0. The predicted octanol–water partition coefficient (Wildman–Crippen LogP) is 6.09. The normalized spacial score (nSPS) is 21.2. The molecule has 0 amide bonds. The van der Waals surface area contributed by atoms with Crippen LogP contribution in [0.1, 0.15) is 59.1 Å². The lowest BCUT2D eigenvalue weighted by Gasteiger charge is -2.43. The fourth-order valence-corrected chi connectivity index (χ4v) is 4.18. The first-order valence-corrected chi connectivity index (χ1v) is 12.2. The van der Waals surface area contributed by atoms with E-state index in [4.69, 9.17) is 9.16 Å². The molecule has 2 unspecified atom stereocenters. The Kier molecular flexibility index (Phi) is 5.70. The number of rotatable bonds is 5. The van der Waals surface area contributed by atoms with Crippen LogP contribution >= 0.6 is 0 Å². The number of para-hydroxylation sites is 1. The Balaban J connectivity index is 2.29. The zero-order valence-electron chi connectivity index (χ0n) is 16.8. The van der Waals surface area contributed by atoms with Crippen molar-refractivity contribution in [1.29, 1.82) is 5.26 Å². The van der Waals surface area contributed by atoms with Crippen LogP contribution in [0, 0.1) is 22.7 Å². The standard InChI is InChI=1S/C21H33NO2Si/c1-20(2,3)25(6,7)24-19-16(12-13-21(4,5)15-22)14-23-18-11-9-8-10-17(18)19/h8-11,16,19H,12-14H2,1-7H3. The SMILES string of the molecule is CC(C)(C#N)CCC1COc2ccccc2C1O[Si](C)(C)C(C)(C)C. The van der Waals surface area contributed by atoms with E-state index >= 15 is 0 Å². The van der Waals surface area contributed by atoms with E-state index in [9.17, 15) is 5.26 Å². The third-order valence-electron chi connectivity index (χ3n) is 5.78. The molecule has 1 aliphatic heterocycles. The van der Waals surface area contributed by atoms with Crippen LogP contribution < -0.4 is 4.74 Å². The highest BCUT2D eigenvalue weighted by atomic mass is 28.4. The summed E-state index contributed by atoms with van der Waals surface area (Å²) < 4.78 is 12.9. The number of ether oxygens (including phenoxy) is 1. The average molecular weight is 360 g/mol. The van der Waals surface area contributed by atoms with Crippen LogP contribution in [0.4, 0.5) is 0 Å². The Morgan fingerprint density at radius 3 is 2.44 bits per heavy atom. The van der Waals surface area contributed by atoms with Gasteiger partial charge in [0.1, 0.15) is 5.75 Å². The number of hydrogen-bond acceptors (Lipinski definition) is 3. The van der Waals surface area contributed by atoms with Gasteiger partial charge >= 0.3 is 0 Å². The molecule has 1 aromatic rings. The summed E-state index contributed by atoms with van der Waals surface area (Å²) in [6, 6.07) is 10.7. The molecule has 2 atom stereocenters. The zero-order valence-corrected chi connectivity index (χ0v) is 17.8. The highest BCUT2D eigenvalue weighted by molar-refractivity contribution is 6.74. The second-order valence-corrected chi connectivity index (χ2v) is 14.2. The molecule has 0 spiro atoms. The average Bonchev–Trinajstić information content (AvgIpc) is 2.53. The quantitative estimate of drug-likeness (QED) is 0.598. The van der Waals surface area contributed by atoms with Gasteiger partial charge in [-0.15, -0.1) is 0 Å². The van der Waals surface area contributed by atoms with Crippen LogP contribution in [0.5, 0.6) is 5.75 Å². The van der Waals surface area contributed by atoms with E-state index in [0.717, 1.165) is 18.6 Å². The largest absolute Gasteiger partial charge is 0.493 e. The summed E-state index contributed by atoms with van der Waals surface area (Å²) >= 11 is 0. The Morgan fingerprint density at radius 2 is 1.84 bits per heavy atom. The van der Waals surface area contributed by atoms with Gasteiger partial charge in [0.15, 0.2) is 8.32 Å². The maximum Gasteiger partial charge on any atom is 0.192 e. The summed E-state index contributed by atoms with van der Waals surface area (Å²) in [6.07, 6.45) is 1.85. The van der Waals surface area contributed by atoms with Gasteiger partial charge in [0, 0.05) is 11.5 Å². The molecular formula is C21H33NO2Si. The lowest BCUT2D eigenvalue weighted by Crippen LogP contribution is -2.44. The third-order valence-corrected chi connectivity index (χ3v) is 10.2. The molecule has 0 N–H and O–H groups in total.